The molecule has 2 aliphatic carbocycles. The standard InChI is InChI=1S/C13H15IN2O/c14-10-3-4-12(15-7-10)16-13(17)11-6-8-1-2-9(11)5-8/h3-4,7-9,11H,1-2,5-6H2,(H,15,16,17). The van der Waals surface area contributed by atoms with E-state index in [2.05, 4.69) is 32.9 Å². The molecule has 2 saturated carbocycles. The first-order valence-electron chi connectivity index (χ1n) is 6.15. The molecule has 0 saturated heterocycles. The normalized spacial score (nSPS) is 30.5. The number of pyridine rings is 1. The van der Waals surface area contributed by atoms with Gasteiger partial charge in [-0.05, 0) is 65.8 Å². The van der Waals surface area contributed by atoms with Crippen LogP contribution in [-0.4, -0.2) is 10.9 Å². The van der Waals surface area contributed by atoms with Crippen LogP contribution in [0.25, 0.3) is 0 Å². The Bertz CT molecular complexity index is 432. The van der Waals surface area contributed by atoms with E-state index in [1.165, 1.54) is 19.3 Å². The van der Waals surface area contributed by atoms with Gasteiger partial charge in [-0.1, -0.05) is 6.42 Å². The number of carbonyl (C=O) groups excluding carboxylic acids is 1. The lowest BCUT2D eigenvalue weighted by Gasteiger charge is -2.20. The fraction of sp³-hybridized carbons (Fsp3) is 0.538. The van der Waals surface area contributed by atoms with Crippen LogP contribution in [0.2, 0.25) is 0 Å². The maximum atomic E-state index is 12.1. The van der Waals surface area contributed by atoms with Crippen LogP contribution in [0.3, 0.4) is 0 Å². The molecule has 3 rings (SSSR count). The van der Waals surface area contributed by atoms with Crippen molar-refractivity contribution in [1.82, 2.24) is 4.98 Å². The average molecular weight is 342 g/mol. The van der Waals surface area contributed by atoms with Gasteiger partial charge in [0.1, 0.15) is 5.82 Å². The summed E-state index contributed by atoms with van der Waals surface area (Å²) in [4.78, 5) is 16.3. The molecule has 1 aromatic rings. The van der Waals surface area contributed by atoms with Gasteiger partial charge in [-0.15, -0.1) is 0 Å². The molecule has 0 spiro atoms. The average Bonchev–Trinajstić information content (AvgIpc) is 2.94. The molecular formula is C13H15IN2O. The Hall–Kier alpha value is -0.650. The van der Waals surface area contributed by atoms with Crippen LogP contribution >= 0.6 is 22.6 Å². The minimum absolute atomic E-state index is 0.172. The van der Waals surface area contributed by atoms with E-state index in [0.717, 1.165) is 15.9 Å². The van der Waals surface area contributed by atoms with E-state index >= 15 is 0 Å². The molecule has 1 heterocycles. The molecule has 2 fully saturated rings. The van der Waals surface area contributed by atoms with Gasteiger partial charge in [-0.3, -0.25) is 4.79 Å². The molecule has 90 valence electrons. The molecule has 0 aromatic carbocycles. The summed E-state index contributed by atoms with van der Waals surface area (Å²) in [6.45, 7) is 0. The molecule has 1 N–H and O–H groups in total. The van der Waals surface area contributed by atoms with Crippen LogP contribution in [0.15, 0.2) is 18.3 Å². The molecule has 1 aromatic heterocycles. The van der Waals surface area contributed by atoms with E-state index in [1.807, 2.05) is 12.1 Å². The van der Waals surface area contributed by atoms with E-state index < -0.39 is 0 Å². The third kappa shape index (κ3) is 2.32. The topological polar surface area (TPSA) is 42.0 Å². The number of nitrogens with zero attached hydrogens (tertiary/aromatic N) is 1. The summed E-state index contributed by atoms with van der Waals surface area (Å²) in [5.74, 6) is 2.52. The van der Waals surface area contributed by atoms with Crippen LogP contribution in [-0.2, 0) is 4.79 Å². The number of rotatable bonds is 2. The van der Waals surface area contributed by atoms with Gasteiger partial charge in [0.05, 0.1) is 0 Å². The quantitative estimate of drug-likeness (QED) is 0.840. The summed E-state index contributed by atoms with van der Waals surface area (Å²) >= 11 is 2.21. The number of halogens is 1. The SMILES string of the molecule is O=C(Nc1ccc(I)cn1)C1CC2CCC1C2. The number of hydrogen-bond donors (Lipinski definition) is 1. The van der Waals surface area contributed by atoms with Crippen molar-refractivity contribution in [3.05, 3.63) is 21.9 Å². The third-order valence-electron chi connectivity index (χ3n) is 4.05. The van der Waals surface area contributed by atoms with Crippen molar-refractivity contribution in [2.75, 3.05) is 5.32 Å². The molecule has 4 heteroatoms. The lowest BCUT2D eigenvalue weighted by molar-refractivity contribution is -0.121. The van der Waals surface area contributed by atoms with Gasteiger partial charge in [0, 0.05) is 15.7 Å². The van der Waals surface area contributed by atoms with E-state index in [0.29, 0.717) is 11.7 Å². The van der Waals surface area contributed by atoms with Crippen LogP contribution < -0.4 is 5.32 Å². The van der Waals surface area contributed by atoms with E-state index in [9.17, 15) is 4.79 Å². The van der Waals surface area contributed by atoms with E-state index in [-0.39, 0.29) is 11.8 Å². The zero-order valence-corrected chi connectivity index (χ0v) is 11.7. The molecule has 2 aliphatic rings. The highest BCUT2D eigenvalue weighted by atomic mass is 127. The highest BCUT2D eigenvalue weighted by Gasteiger charge is 2.43. The van der Waals surface area contributed by atoms with Crippen LogP contribution in [0.5, 0.6) is 0 Å². The summed E-state index contributed by atoms with van der Waals surface area (Å²) < 4.78 is 1.08. The number of nitrogens with one attached hydrogen (secondary N) is 1. The first-order valence-corrected chi connectivity index (χ1v) is 7.22. The zero-order chi connectivity index (χ0) is 11.8. The smallest absolute Gasteiger partial charge is 0.228 e. The second kappa shape index (κ2) is 4.55. The lowest BCUT2D eigenvalue weighted by Crippen LogP contribution is -2.27. The molecule has 3 unspecified atom stereocenters. The van der Waals surface area contributed by atoms with Gasteiger partial charge in [0.2, 0.25) is 5.91 Å². The van der Waals surface area contributed by atoms with Gasteiger partial charge < -0.3 is 5.32 Å². The third-order valence-corrected chi connectivity index (χ3v) is 4.69. The minimum atomic E-state index is 0.172. The summed E-state index contributed by atoms with van der Waals surface area (Å²) in [6, 6.07) is 3.83. The zero-order valence-electron chi connectivity index (χ0n) is 9.53. The predicted octanol–water partition coefficient (Wildman–Crippen LogP) is 3.06. The Morgan fingerprint density at radius 2 is 2.24 bits per heavy atom. The fourth-order valence-corrected chi connectivity index (χ4v) is 3.55. The van der Waals surface area contributed by atoms with E-state index in [1.54, 1.807) is 6.20 Å². The van der Waals surface area contributed by atoms with Crippen LogP contribution in [0.1, 0.15) is 25.7 Å². The van der Waals surface area contributed by atoms with Gasteiger partial charge in [-0.2, -0.15) is 0 Å². The van der Waals surface area contributed by atoms with Crippen molar-refractivity contribution in [2.24, 2.45) is 17.8 Å². The van der Waals surface area contributed by atoms with Gasteiger partial charge >= 0.3 is 0 Å². The number of fused-ring (bicyclic) bond motifs is 2. The Morgan fingerprint density at radius 3 is 2.82 bits per heavy atom. The van der Waals surface area contributed by atoms with Crippen molar-refractivity contribution in [3.63, 3.8) is 0 Å². The second-order valence-corrected chi connectivity index (χ2v) is 6.38. The number of aromatic nitrogens is 1. The number of anilines is 1. The molecule has 17 heavy (non-hydrogen) atoms. The maximum Gasteiger partial charge on any atom is 0.228 e. The highest BCUT2D eigenvalue weighted by Crippen LogP contribution is 2.48. The van der Waals surface area contributed by atoms with Crippen molar-refractivity contribution >= 4 is 34.3 Å². The van der Waals surface area contributed by atoms with Gasteiger partial charge in [0.25, 0.3) is 0 Å². The second-order valence-electron chi connectivity index (χ2n) is 5.13. The molecule has 0 aliphatic heterocycles. The Morgan fingerprint density at radius 1 is 1.35 bits per heavy atom. The van der Waals surface area contributed by atoms with Crippen molar-refractivity contribution < 1.29 is 4.79 Å². The van der Waals surface area contributed by atoms with Crippen molar-refractivity contribution in [1.29, 1.82) is 0 Å². The monoisotopic (exact) mass is 342 g/mol. The largest absolute Gasteiger partial charge is 0.310 e. The van der Waals surface area contributed by atoms with E-state index in [4.69, 9.17) is 0 Å². The van der Waals surface area contributed by atoms with Crippen LogP contribution in [0, 0.1) is 21.3 Å². The van der Waals surface area contributed by atoms with Crippen LogP contribution in [0.4, 0.5) is 5.82 Å². The molecule has 1 amide bonds. The summed E-state index contributed by atoms with van der Waals surface area (Å²) in [5.41, 5.74) is 0. The van der Waals surface area contributed by atoms with Gasteiger partial charge in [-0.25, -0.2) is 4.98 Å². The maximum absolute atomic E-state index is 12.1. The Labute approximate surface area is 115 Å². The Kier molecular flexibility index (Phi) is 3.06. The summed E-state index contributed by atoms with van der Waals surface area (Å²) in [5, 5.41) is 2.94. The summed E-state index contributed by atoms with van der Waals surface area (Å²) in [7, 11) is 0. The Balaban J connectivity index is 1.65. The van der Waals surface area contributed by atoms with Crippen molar-refractivity contribution in [3.8, 4) is 0 Å². The van der Waals surface area contributed by atoms with Crippen molar-refractivity contribution in [2.45, 2.75) is 25.7 Å². The fourth-order valence-electron chi connectivity index (χ4n) is 3.23. The lowest BCUT2D eigenvalue weighted by atomic mass is 9.88. The number of hydrogen-bond acceptors (Lipinski definition) is 2. The molecule has 3 nitrogen and oxygen atoms in total. The highest BCUT2D eigenvalue weighted by molar-refractivity contribution is 14.1. The first kappa shape index (κ1) is 11.4. The predicted molar refractivity (Wildman–Crippen MR) is 74.5 cm³/mol. The molecule has 0 radical (unpaired) electrons. The van der Waals surface area contributed by atoms with Gasteiger partial charge in [0.15, 0.2) is 0 Å². The first-order chi connectivity index (χ1) is 8.22. The molecule has 3 atom stereocenters. The number of amides is 1. The number of carbonyl (C=O) groups is 1. The summed E-state index contributed by atoms with van der Waals surface area (Å²) in [6.07, 6.45) is 6.69. The minimum Gasteiger partial charge on any atom is -0.310 e. The molecule has 2 bridgehead atoms. The molecular weight excluding hydrogens is 327 g/mol.